The van der Waals surface area contributed by atoms with Gasteiger partial charge >= 0.3 is 0 Å². The Hall–Kier alpha value is -2.54. The van der Waals surface area contributed by atoms with Gasteiger partial charge in [0.1, 0.15) is 11.5 Å². The molecule has 0 spiro atoms. The molecule has 1 aliphatic heterocycles. The summed E-state index contributed by atoms with van der Waals surface area (Å²) in [7, 11) is 3.77. The van der Waals surface area contributed by atoms with E-state index in [0.29, 0.717) is 52.5 Å². The quantitative estimate of drug-likeness (QED) is 0.299. The number of hydrogen-bond donors (Lipinski definition) is 1. The van der Waals surface area contributed by atoms with Crippen LogP contribution < -0.4 is 4.74 Å². The Labute approximate surface area is 210 Å². The molecule has 2 aromatic rings. The van der Waals surface area contributed by atoms with Crippen molar-refractivity contribution in [1.29, 1.82) is 0 Å². The molecule has 1 fully saturated rings. The Morgan fingerprint density at radius 2 is 1.82 bits per heavy atom. The summed E-state index contributed by atoms with van der Waals surface area (Å²) >= 11 is 12.4. The molecule has 182 valence electrons. The van der Waals surface area contributed by atoms with Gasteiger partial charge in [0.2, 0.25) is 0 Å². The van der Waals surface area contributed by atoms with Crippen LogP contribution in [0.3, 0.4) is 0 Å². The highest BCUT2D eigenvalue weighted by atomic mass is 35.5. The van der Waals surface area contributed by atoms with Gasteiger partial charge in [-0.05, 0) is 68.4 Å². The average molecular weight is 505 g/mol. The van der Waals surface area contributed by atoms with Gasteiger partial charge in [-0.1, -0.05) is 43.1 Å². The first-order valence-electron chi connectivity index (χ1n) is 11.1. The summed E-state index contributed by atoms with van der Waals surface area (Å²) in [6.45, 7) is 7.42. The second-order valence-corrected chi connectivity index (χ2v) is 9.97. The van der Waals surface area contributed by atoms with Crippen molar-refractivity contribution < 1.29 is 19.4 Å². The van der Waals surface area contributed by atoms with Gasteiger partial charge in [0.05, 0.1) is 28.3 Å². The summed E-state index contributed by atoms with van der Waals surface area (Å²) in [6, 6.07) is 9.40. The molecule has 0 radical (unpaired) electrons. The van der Waals surface area contributed by atoms with Crippen LogP contribution in [0.5, 0.6) is 5.75 Å². The number of ketones is 1. The van der Waals surface area contributed by atoms with Crippen LogP contribution in [-0.4, -0.2) is 60.4 Å². The molecular weight excluding hydrogens is 475 g/mol. The highest BCUT2D eigenvalue weighted by Crippen LogP contribution is 2.41. The first kappa shape index (κ1) is 26.1. The van der Waals surface area contributed by atoms with Crippen LogP contribution in [0.15, 0.2) is 42.0 Å². The van der Waals surface area contributed by atoms with Gasteiger partial charge in [-0.15, -0.1) is 0 Å². The standard InChI is InChI=1S/C26H30Cl2N2O4/c1-15(2)14-34-21-9-7-18(12-16(21)3)24(31)22-23(17-6-8-19(27)20(28)13-17)30(11-10-29(4)5)26(33)25(22)32/h6-9,12-13,15,23,31H,10-11,14H2,1-5H3/b24-22+/t23-/m0/s1. The second-order valence-electron chi connectivity index (χ2n) is 9.15. The molecule has 0 unspecified atom stereocenters. The Morgan fingerprint density at radius 1 is 1.12 bits per heavy atom. The fraction of sp³-hybridized carbons (Fsp3) is 0.385. The van der Waals surface area contributed by atoms with E-state index >= 15 is 0 Å². The van der Waals surface area contributed by atoms with Crippen LogP contribution in [0, 0.1) is 12.8 Å². The fourth-order valence-corrected chi connectivity index (χ4v) is 4.12. The predicted octanol–water partition coefficient (Wildman–Crippen LogP) is 5.32. The minimum absolute atomic E-state index is 0.0254. The normalized spacial score (nSPS) is 17.8. The third-order valence-corrected chi connectivity index (χ3v) is 6.35. The molecule has 1 atom stereocenters. The molecule has 8 heteroatoms. The lowest BCUT2D eigenvalue weighted by atomic mass is 9.94. The number of Topliss-reactive ketones (excluding diaryl/α,β-unsaturated/α-hetero) is 1. The summed E-state index contributed by atoms with van der Waals surface area (Å²) < 4.78 is 5.82. The molecule has 0 aliphatic carbocycles. The van der Waals surface area contributed by atoms with Gasteiger partial charge in [0.25, 0.3) is 11.7 Å². The number of carbonyl (C=O) groups is 2. The van der Waals surface area contributed by atoms with Crippen molar-refractivity contribution in [1.82, 2.24) is 9.80 Å². The van der Waals surface area contributed by atoms with Crippen LogP contribution in [0.1, 0.15) is 36.6 Å². The van der Waals surface area contributed by atoms with Crippen LogP contribution in [0.4, 0.5) is 0 Å². The SMILES string of the molecule is Cc1cc(/C(O)=C2\C(=O)C(=O)N(CCN(C)C)[C@H]2c2ccc(Cl)c(Cl)c2)ccc1OCC(C)C. The highest BCUT2D eigenvalue weighted by Gasteiger charge is 2.46. The topological polar surface area (TPSA) is 70.1 Å². The van der Waals surface area contributed by atoms with Crippen molar-refractivity contribution in [2.45, 2.75) is 26.8 Å². The number of rotatable bonds is 8. The molecule has 1 amide bonds. The monoisotopic (exact) mass is 504 g/mol. The van der Waals surface area contributed by atoms with Crippen molar-refractivity contribution in [2.75, 3.05) is 33.8 Å². The maximum absolute atomic E-state index is 13.1. The molecule has 34 heavy (non-hydrogen) atoms. The zero-order chi connectivity index (χ0) is 25.2. The largest absolute Gasteiger partial charge is 0.507 e. The van der Waals surface area contributed by atoms with E-state index in [4.69, 9.17) is 27.9 Å². The number of amides is 1. The molecule has 6 nitrogen and oxygen atoms in total. The Balaban J connectivity index is 2.10. The number of nitrogens with zero attached hydrogens (tertiary/aromatic N) is 2. The van der Waals surface area contributed by atoms with Gasteiger partial charge in [0, 0.05) is 18.7 Å². The average Bonchev–Trinajstić information content (AvgIpc) is 3.02. The Morgan fingerprint density at radius 3 is 2.41 bits per heavy atom. The van der Waals surface area contributed by atoms with Crippen molar-refractivity contribution in [3.63, 3.8) is 0 Å². The van der Waals surface area contributed by atoms with Crippen molar-refractivity contribution >= 4 is 40.7 Å². The number of ether oxygens (including phenoxy) is 1. The lowest BCUT2D eigenvalue weighted by Gasteiger charge is -2.26. The van der Waals surface area contributed by atoms with Crippen LogP contribution in [-0.2, 0) is 9.59 Å². The fourth-order valence-electron chi connectivity index (χ4n) is 3.82. The van der Waals surface area contributed by atoms with E-state index in [1.54, 1.807) is 36.4 Å². The van der Waals surface area contributed by atoms with Crippen molar-refractivity contribution in [2.24, 2.45) is 5.92 Å². The summed E-state index contributed by atoms with van der Waals surface area (Å²) in [6.07, 6.45) is 0. The number of likely N-dealkylation sites (tertiary alicyclic amines) is 1. The summed E-state index contributed by atoms with van der Waals surface area (Å²) in [5, 5.41) is 11.9. The van der Waals surface area contributed by atoms with Gasteiger partial charge in [0.15, 0.2) is 0 Å². The molecule has 1 aliphatic rings. The lowest BCUT2D eigenvalue weighted by Crippen LogP contribution is -2.35. The molecule has 1 saturated heterocycles. The molecule has 0 bridgehead atoms. The number of likely N-dealkylation sites (N-methyl/N-ethyl adjacent to an activating group) is 1. The minimum Gasteiger partial charge on any atom is -0.507 e. The Kier molecular flexibility index (Phi) is 8.29. The number of aliphatic hydroxyl groups is 1. The zero-order valence-electron chi connectivity index (χ0n) is 20.1. The van der Waals surface area contributed by atoms with E-state index < -0.39 is 17.7 Å². The second kappa shape index (κ2) is 10.8. The highest BCUT2D eigenvalue weighted by molar-refractivity contribution is 6.46. The molecule has 1 heterocycles. The molecule has 0 aromatic heterocycles. The van der Waals surface area contributed by atoms with Crippen LogP contribution in [0.2, 0.25) is 10.0 Å². The van der Waals surface area contributed by atoms with E-state index in [1.807, 2.05) is 25.9 Å². The van der Waals surface area contributed by atoms with E-state index in [1.165, 1.54) is 4.90 Å². The minimum atomic E-state index is -0.785. The number of halogens is 2. The van der Waals surface area contributed by atoms with Crippen molar-refractivity contribution in [3.05, 3.63) is 68.7 Å². The number of aliphatic hydroxyl groups excluding tert-OH is 1. The molecule has 2 aromatic carbocycles. The smallest absolute Gasteiger partial charge is 0.295 e. The van der Waals surface area contributed by atoms with Gasteiger partial charge in [-0.3, -0.25) is 9.59 Å². The van der Waals surface area contributed by atoms with Gasteiger partial charge < -0.3 is 19.6 Å². The molecule has 3 rings (SSSR count). The van der Waals surface area contributed by atoms with Gasteiger partial charge in [-0.25, -0.2) is 0 Å². The van der Waals surface area contributed by atoms with Crippen molar-refractivity contribution in [3.8, 4) is 5.75 Å². The van der Waals surface area contributed by atoms with Gasteiger partial charge in [-0.2, -0.15) is 0 Å². The summed E-state index contributed by atoms with van der Waals surface area (Å²) in [5.41, 5.74) is 1.88. The number of aryl methyl sites for hydroxylation is 1. The van der Waals surface area contributed by atoms with E-state index in [-0.39, 0.29) is 11.3 Å². The first-order chi connectivity index (χ1) is 16.0. The number of benzene rings is 2. The Bertz CT molecular complexity index is 1130. The summed E-state index contributed by atoms with van der Waals surface area (Å²) in [5.74, 6) is -0.548. The van der Waals surface area contributed by atoms with Crippen LogP contribution in [0.25, 0.3) is 5.76 Å². The number of hydrogen-bond acceptors (Lipinski definition) is 5. The first-order valence-corrected chi connectivity index (χ1v) is 11.9. The third-order valence-electron chi connectivity index (χ3n) is 5.61. The predicted molar refractivity (Wildman–Crippen MR) is 136 cm³/mol. The van der Waals surface area contributed by atoms with E-state index in [9.17, 15) is 14.7 Å². The van der Waals surface area contributed by atoms with E-state index in [2.05, 4.69) is 13.8 Å². The summed E-state index contributed by atoms with van der Waals surface area (Å²) in [4.78, 5) is 29.5. The molecule has 1 N–H and O–H groups in total. The molecular formula is C26H30Cl2N2O4. The molecule has 0 saturated carbocycles. The third kappa shape index (κ3) is 5.57. The number of carbonyl (C=O) groups excluding carboxylic acids is 2. The lowest BCUT2D eigenvalue weighted by molar-refractivity contribution is -0.140. The maximum atomic E-state index is 13.1. The van der Waals surface area contributed by atoms with Crippen LogP contribution >= 0.6 is 23.2 Å². The van der Waals surface area contributed by atoms with E-state index in [0.717, 1.165) is 5.56 Å². The zero-order valence-corrected chi connectivity index (χ0v) is 21.6. The maximum Gasteiger partial charge on any atom is 0.295 e.